The maximum Gasteiger partial charge on any atom is 0.0825 e. The van der Waals surface area contributed by atoms with E-state index in [0.29, 0.717) is 12.8 Å². The molecule has 0 aliphatic carbocycles. The number of nitrogens with zero attached hydrogens (tertiary/aromatic N) is 1. The first-order valence-electron chi connectivity index (χ1n) is 2.16. The lowest BCUT2D eigenvalue weighted by Gasteiger charge is -1.80. The summed E-state index contributed by atoms with van der Waals surface area (Å²) >= 11 is 0. The van der Waals surface area contributed by atoms with E-state index in [4.69, 9.17) is 5.21 Å². The molecule has 1 radical (unpaired) electrons. The molecule has 3 nitrogen and oxygen atoms in total. The summed E-state index contributed by atoms with van der Waals surface area (Å²) in [6, 6.07) is 0. The first-order chi connectivity index (χ1) is 3.41. The number of hydrogen-bond acceptors (Lipinski definition) is 2. The molecule has 0 aromatic heterocycles. The van der Waals surface area contributed by atoms with Crippen LogP contribution in [-0.2, 0) is 5.11 Å². The van der Waals surface area contributed by atoms with Gasteiger partial charge in [0.1, 0.15) is 0 Å². The Kier molecular flexibility index (Phi) is 4.99. The van der Waals surface area contributed by atoms with Crippen molar-refractivity contribution in [3.05, 3.63) is 0 Å². The standard InChI is InChI=1S/C4H8NO2/c6-4-2-1-3-5-7/h3,7H,1-2,4H2. The molecule has 0 bridgehead atoms. The monoisotopic (exact) mass is 102 g/mol. The minimum atomic E-state index is -0.0913. The summed E-state index contributed by atoms with van der Waals surface area (Å²) in [4.78, 5) is 0. The SMILES string of the molecule is [O]CCCC=NO. The highest BCUT2D eigenvalue weighted by molar-refractivity contribution is 5.55. The van der Waals surface area contributed by atoms with Gasteiger partial charge in [-0.3, -0.25) is 0 Å². The minimum Gasteiger partial charge on any atom is -0.411 e. The largest absolute Gasteiger partial charge is 0.411 e. The van der Waals surface area contributed by atoms with Gasteiger partial charge in [-0.2, -0.15) is 0 Å². The molecule has 0 rings (SSSR count). The van der Waals surface area contributed by atoms with E-state index < -0.39 is 0 Å². The van der Waals surface area contributed by atoms with Crippen LogP contribution in [0.15, 0.2) is 5.16 Å². The van der Waals surface area contributed by atoms with Crippen LogP contribution < -0.4 is 0 Å². The number of unbranched alkanes of at least 4 members (excludes halogenated alkanes) is 1. The van der Waals surface area contributed by atoms with Crippen LogP contribution in [0.1, 0.15) is 12.8 Å². The van der Waals surface area contributed by atoms with Crippen molar-refractivity contribution in [3.8, 4) is 0 Å². The molecule has 0 aliphatic rings. The van der Waals surface area contributed by atoms with Crippen LogP contribution in [0.2, 0.25) is 0 Å². The van der Waals surface area contributed by atoms with Crippen molar-refractivity contribution in [1.82, 2.24) is 0 Å². The van der Waals surface area contributed by atoms with Gasteiger partial charge in [0.25, 0.3) is 0 Å². The molecular formula is C4H8NO2. The van der Waals surface area contributed by atoms with Gasteiger partial charge in [-0.15, -0.1) is 5.16 Å². The molecule has 7 heavy (non-hydrogen) atoms. The zero-order valence-electron chi connectivity index (χ0n) is 4.00. The fourth-order valence-electron chi connectivity index (χ4n) is 0.232. The molecule has 0 atom stereocenters. The van der Waals surface area contributed by atoms with Crippen molar-refractivity contribution in [2.24, 2.45) is 5.16 Å². The lowest BCUT2D eigenvalue weighted by molar-refractivity contribution is 0.191. The maximum atomic E-state index is 9.66. The molecule has 0 saturated heterocycles. The second kappa shape index (κ2) is 5.43. The Morgan fingerprint density at radius 3 is 2.86 bits per heavy atom. The van der Waals surface area contributed by atoms with Gasteiger partial charge in [0, 0.05) is 6.21 Å². The van der Waals surface area contributed by atoms with Crippen molar-refractivity contribution in [2.75, 3.05) is 6.61 Å². The summed E-state index contributed by atoms with van der Waals surface area (Å²) in [6.07, 6.45) is 2.46. The lowest BCUT2D eigenvalue weighted by Crippen LogP contribution is -1.80. The van der Waals surface area contributed by atoms with Crippen molar-refractivity contribution in [1.29, 1.82) is 0 Å². The average Bonchev–Trinajstić information content (AvgIpc) is 1.69. The van der Waals surface area contributed by atoms with Gasteiger partial charge < -0.3 is 5.21 Å². The summed E-state index contributed by atoms with van der Waals surface area (Å²) in [7, 11) is 0. The first kappa shape index (κ1) is 6.43. The Bertz CT molecular complexity index is 53.7. The van der Waals surface area contributed by atoms with Crippen LogP contribution in [0.4, 0.5) is 0 Å². The van der Waals surface area contributed by atoms with Gasteiger partial charge >= 0.3 is 0 Å². The summed E-state index contributed by atoms with van der Waals surface area (Å²) in [5.41, 5.74) is 0. The molecule has 0 fully saturated rings. The molecule has 0 aromatic carbocycles. The summed E-state index contributed by atoms with van der Waals surface area (Å²) in [6.45, 7) is -0.0913. The minimum absolute atomic E-state index is 0.0913. The molecule has 41 valence electrons. The van der Waals surface area contributed by atoms with Crippen molar-refractivity contribution < 1.29 is 10.3 Å². The molecule has 0 saturated carbocycles. The molecule has 0 aliphatic heterocycles. The highest BCUT2D eigenvalue weighted by Gasteiger charge is 1.77. The molecule has 0 unspecified atom stereocenters. The predicted octanol–water partition coefficient (Wildman–Crippen LogP) is 0.657. The van der Waals surface area contributed by atoms with Gasteiger partial charge in [-0.25, -0.2) is 5.11 Å². The van der Waals surface area contributed by atoms with Gasteiger partial charge in [0.15, 0.2) is 0 Å². The van der Waals surface area contributed by atoms with E-state index in [1.807, 2.05) is 0 Å². The fraction of sp³-hybridized carbons (Fsp3) is 0.750. The molecule has 1 N–H and O–H groups in total. The molecule has 0 spiro atoms. The summed E-state index contributed by atoms with van der Waals surface area (Å²) in [5.74, 6) is 0. The highest BCUT2D eigenvalue weighted by atomic mass is 16.4. The van der Waals surface area contributed by atoms with Gasteiger partial charge in [0.05, 0.1) is 6.61 Å². The van der Waals surface area contributed by atoms with E-state index in [-0.39, 0.29) is 6.61 Å². The molecule has 0 heterocycles. The maximum absolute atomic E-state index is 9.66. The predicted molar refractivity (Wildman–Crippen MR) is 25.1 cm³/mol. The third kappa shape index (κ3) is 5.43. The molecular weight excluding hydrogens is 94.0 g/mol. The second-order valence-electron chi connectivity index (χ2n) is 1.14. The number of rotatable bonds is 3. The summed E-state index contributed by atoms with van der Waals surface area (Å²) < 4.78 is 0. The zero-order chi connectivity index (χ0) is 5.54. The van der Waals surface area contributed by atoms with E-state index in [1.165, 1.54) is 6.21 Å². The fourth-order valence-corrected chi connectivity index (χ4v) is 0.232. The smallest absolute Gasteiger partial charge is 0.0825 e. The number of oxime groups is 1. The van der Waals surface area contributed by atoms with Crippen molar-refractivity contribution >= 4 is 6.21 Å². The highest BCUT2D eigenvalue weighted by Crippen LogP contribution is 1.79. The van der Waals surface area contributed by atoms with Crippen molar-refractivity contribution in [2.45, 2.75) is 12.8 Å². The van der Waals surface area contributed by atoms with Crippen molar-refractivity contribution in [3.63, 3.8) is 0 Å². The average molecular weight is 102 g/mol. The van der Waals surface area contributed by atoms with Crippen LogP contribution in [-0.4, -0.2) is 18.0 Å². The Morgan fingerprint density at radius 2 is 2.43 bits per heavy atom. The van der Waals surface area contributed by atoms with E-state index in [9.17, 15) is 5.11 Å². The van der Waals surface area contributed by atoms with E-state index >= 15 is 0 Å². The first-order valence-corrected chi connectivity index (χ1v) is 2.16. The third-order valence-electron chi connectivity index (χ3n) is 0.559. The Morgan fingerprint density at radius 1 is 1.71 bits per heavy atom. The zero-order valence-corrected chi connectivity index (χ0v) is 4.00. The normalized spacial score (nSPS) is 10.4. The Labute approximate surface area is 42.3 Å². The van der Waals surface area contributed by atoms with Crippen LogP contribution in [0, 0.1) is 0 Å². The second-order valence-corrected chi connectivity index (χ2v) is 1.14. The topological polar surface area (TPSA) is 52.5 Å². The summed E-state index contributed by atoms with van der Waals surface area (Å²) in [5, 5.41) is 20.1. The third-order valence-corrected chi connectivity index (χ3v) is 0.559. The molecule has 0 amide bonds. The van der Waals surface area contributed by atoms with E-state index in [0.717, 1.165) is 0 Å². The van der Waals surface area contributed by atoms with Gasteiger partial charge in [-0.05, 0) is 12.8 Å². The number of hydrogen-bond donors (Lipinski definition) is 1. The van der Waals surface area contributed by atoms with Crippen LogP contribution in [0.5, 0.6) is 0 Å². The van der Waals surface area contributed by atoms with Crippen LogP contribution >= 0.6 is 0 Å². The molecule has 3 heteroatoms. The van der Waals surface area contributed by atoms with Gasteiger partial charge in [0.2, 0.25) is 0 Å². The van der Waals surface area contributed by atoms with Crippen LogP contribution in [0.25, 0.3) is 0 Å². The van der Waals surface area contributed by atoms with Gasteiger partial charge in [-0.1, -0.05) is 0 Å². The van der Waals surface area contributed by atoms with E-state index in [2.05, 4.69) is 5.16 Å². The Hall–Kier alpha value is -0.570. The van der Waals surface area contributed by atoms with Crippen LogP contribution in [0.3, 0.4) is 0 Å². The lowest BCUT2D eigenvalue weighted by atomic mass is 10.3. The molecule has 0 aromatic rings. The Balaban J connectivity index is 2.69. The van der Waals surface area contributed by atoms with E-state index in [1.54, 1.807) is 0 Å². The quantitative estimate of drug-likeness (QED) is 0.242.